The largest absolute Gasteiger partial charge is 0.324 e. The van der Waals surface area contributed by atoms with Gasteiger partial charge >= 0.3 is 0 Å². The molecular formula is C28H26N2O3S2. The number of amides is 1. The van der Waals surface area contributed by atoms with Gasteiger partial charge in [-0.3, -0.25) is 4.79 Å². The van der Waals surface area contributed by atoms with E-state index >= 15 is 0 Å². The van der Waals surface area contributed by atoms with Gasteiger partial charge in [0.15, 0.2) is 0 Å². The van der Waals surface area contributed by atoms with Crippen LogP contribution >= 0.6 is 11.8 Å². The highest BCUT2D eigenvalue weighted by atomic mass is 32.2. The summed E-state index contributed by atoms with van der Waals surface area (Å²) in [4.78, 5) is 15.5. The van der Waals surface area contributed by atoms with Crippen LogP contribution in [0.15, 0.2) is 124 Å². The SMILES string of the molecule is Cc1ccc(S(=O)(=O)N[C@@H](Cc2ccccc2)C(=O)Nc2ccccc2Sc2ccccc2)cc1. The topological polar surface area (TPSA) is 75.3 Å². The zero-order valence-electron chi connectivity index (χ0n) is 19.2. The number of nitrogens with one attached hydrogen (secondary N) is 2. The number of sulfonamides is 1. The quantitative estimate of drug-likeness (QED) is 0.309. The molecule has 2 N–H and O–H groups in total. The molecule has 0 saturated carbocycles. The number of carbonyl (C=O) groups excluding carboxylic acids is 1. The molecule has 0 radical (unpaired) electrons. The standard InChI is InChI=1S/C28H26N2O3S2/c1-21-16-18-24(19-17-21)35(32,33)30-26(20-22-10-4-2-5-11-22)28(31)29-25-14-8-9-15-27(25)34-23-12-6-3-7-13-23/h2-19,26,30H,20H2,1H3,(H,29,31)/t26-/m0/s1. The molecule has 1 amide bonds. The van der Waals surface area contributed by atoms with Gasteiger partial charge in [0.1, 0.15) is 6.04 Å². The minimum Gasteiger partial charge on any atom is -0.324 e. The number of rotatable bonds is 9. The van der Waals surface area contributed by atoms with E-state index in [4.69, 9.17) is 0 Å². The lowest BCUT2D eigenvalue weighted by molar-refractivity contribution is -0.117. The van der Waals surface area contributed by atoms with E-state index in [9.17, 15) is 13.2 Å². The maximum Gasteiger partial charge on any atom is 0.242 e. The molecule has 5 nitrogen and oxygen atoms in total. The summed E-state index contributed by atoms with van der Waals surface area (Å²) in [5, 5.41) is 2.95. The number of hydrogen-bond acceptors (Lipinski definition) is 4. The van der Waals surface area contributed by atoms with Gasteiger partial charge in [0, 0.05) is 9.79 Å². The van der Waals surface area contributed by atoms with Gasteiger partial charge in [-0.05, 0) is 55.3 Å². The Morgan fingerprint density at radius 1 is 0.800 bits per heavy atom. The van der Waals surface area contributed by atoms with Crippen LogP contribution in [0, 0.1) is 6.92 Å². The Morgan fingerprint density at radius 2 is 1.40 bits per heavy atom. The Balaban J connectivity index is 1.59. The molecule has 0 aliphatic heterocycles. The molecule has 7 heteroatoms. The molecule has 0 aromatic heterocycles. The lowest BCUT2D eigenvalue weighted by Gasteiger charge is -2.20. The van der Waals surface area contributed by atoms with Gasteiger partial charge in [-0.25, -0.2) is 8.42 Å². The Bertz CT molecular complexity index is 1370. The Hall–Kier alpha value is -3.39. The summed E-state index contributed by atoms with van der Waals surface area (Å²) in [5.41, 5.74) is 2.43. The van der Waals surface area contributed by atoms with E-state index in [0.29, 0.717) is 5.69 Å². The third kappa shape index (κ3) is 6.82. The average Bonchev–Trinajstić information content (AvgIpc) is 2.86. The summed E-state index contributed by atoms with van der Waals surface area (Å²) in [6, 6.07) is 32.3. The van der Waals surface area contributed by atoms with E-state index in [2.05, 4.69) is 10.0 Å². The molecule has 0 heterocycles. The van der Waals surface area contributed by atoms with Crippen molar-refractivity contribution < 1.29 is 13.2 Å². The van der Waals surface area contributed by atoms with Gasteiger partial charge in [-0.15, -0.1) is 0 Å². The average molecular weight is 503 g/mol. The fourth-order valence-corrected chi connectivity index (χ4v) is 5.62. The van der Waals surface area contributed by atoms with Crippen LogP contribution in [0.3, 0.4) is 0 Å². The highest BCUT2D eigenvalue weighted by Crippen LogP contribution is 2.33. The van der Waals surface area contributed by atoms with Crippen molar-refractivity contribution in [3.05, 3.63) is 120 Å². The van der Waals surface area contributed by atoms with Crippen LogP contribution in [0.25, 0.3) is 0 Å². The second kappa shape index (κ2) is 11.4. The first-order chi connectivity index (χ1) is 16.9. The van der Waals surface area contributed by atoms with Gasteiger partial charge in [0.2, 0.25) is 15.9 Å². The molecule has 0 aliphatic rings. The second-order valence-electron chi connectivity index (χ2n) is 8.08. The van der Waals surface area contributed by atoms with E-state index in [0.717, 1.165) is 20.9 Å². The van der Waals surface area contributed by atoms with Crippen molar-refractivity contribution in [2.75, 3.05) is 5.32 Å². The molecule has 0 saturated heterocycles. The number of anilines is 1. The summed E-state index contributed by atoms with van der Waals surface area (Å²) in [6.45, 7) is 1.89. The Morgan fingerprint density at radius 3 is 2.09 bits per heavy atom. The monoisotopic (exact) mass is 502 g/mol. The first-order valence-corrected chi connectivity index (χ1v) is 13.5. The molecular weight excluding hydrogens is 476 g/mol. The predicted molar refractivity (Wildman–Crippen MR) is 141 cm³/mol. The maximum atomic E-state index is 13.4. The predicted octanol–water partition coefficient (Wildman–Crippen LogP) is 5.67. The molecule has 4 rings (SSSR count). The smallest absolute Gasteiger partial charge is 0.242 e. The Labute approximate surface area is 210 Å². The van der Waals surface area contributed by atoms with E-state index in [1.165, 1.54) is 11.8 Å². The molecule has 0 bridgehead atoms. The van der Waals surface area contributed by atoms with E-state index in [1.54, 1.807) is 24.3 Å². The van der Waals surface area contributed by atoms with Gasteiger partial charge < -0.3 is 5.32 Å². The summed E-state index contributed by atoms with van der Waals surface area (Å²) >= 11 is 1.53. The fraction of sp³-hybridized carbons (Fsp3) is 0.107. The van der Waals surface area contributed by atoms with Crippen LogP contribution in [0.4, 0.5) is 5.69 Å². The lowest BCUT2D eigenvalue weighted by atomic mass is 10.1. The molecule has 0 aliphatic carbocycles. The zero-order chi connectivity index (χ0) is 24.7. The summed E-state index contributed by atoms with van der Waals surface area (Å²) in [7, 11) is -3.91. The van der Waals surface area contributed by atoms with Crippen molar-refractivity contribution in [1.29, 1.82) is 0 Å². The molecule has 4 aromatic carbocycles. The fourth-order valence-electron chi connectivity index (χ4n) is 3.50. The van der Waals surface area contributed by atoms with Crippen LogP contribution in [-0.2, 0) is 21.2 Å². The van der Waals surface area contributed by atoms with E-state index in [1.807, 2.05) is 91.9 Å². The number of hydrogen-bond donors (Lipinski definition) is 2. The van der Waals surface area contributed by atoms with Gasteiger partial charge in [-0.2, -0.15) is 4.72 Å². The molecule has 0 unspecified atom stereocenters. The molecule has 0 spiro atoms. The highest BCUT2D eigenvalue weighted by Gasteiger charge is 2.26. The lowest BCUT2D eigenvalue weighted by Crippen LogP contribution is -2.45. The third-order valence-electron chi connectivity index (χ3n) is 5.34. The van der Waals surface area contributed by atoms with Gasteiger partial charge in [0.25, 0.3) is 0 Å². The molecule has 4 aromatic rings. The van der Waals surface area contributed by atoms with Crippen molar-refractivity contribution in [3.8, 4) is 0 Å². The Kier molecular flexibility index (Phi) is 8.02. The van der Waals surface area contributed by atoms with Crippen molar-refractivity contribution in [3.63, 3.8) is 0 Å². The molecule has 1 atom stereocenters. The number of aryl methyl sites for hydroxylation is 1. The van der Waals surface area contributed by atoms with E-state index < -0.39 is 22.0 Å². The van der Waals surface area contributed by atoms with Crippen molar-refractivity contribution in [2.24, 2.45) is 0 Å². The second-order valence-corrected chi connectivity index (χ2v) is 10.9. The number of benzene rings is 4. The normalized spacial score (nSPS) is 12.1. The molecule has 178 valence electrons. The van der Waals surface area contributed by atoms with Crippen LogP contribution < -0.4 is 10.0 Å². The van der Waals surface area contributed by atoms with Gasteiger partial charge in [-0.1, -0.05) is 90.1 Å². The summed E-state index contributed by atoms with van der Waals surface area (Å²) in [6.07, 6.45) is 0.214. The third-order valence-corrected chi connectivity index (χ3v) is 7.92. The van der Waals surface area contributed by atoms with Crippen molar-refractivity contribution >= 4 is 33.4 Å². The molecule has 0 fully saturated rings. The summed E-state index contributed by atoms with van der Waals surface area (Å²) < 4.78 is 28.8. The highest BCUT2D eigenvalue weighted by molar-refractivity contribution is 7.99. The van der Waals surface area contributed by atoms with Crippen LogP contribution in [0.2, 0.25) is 0 Å². The minimum absolute atomic E-state index is 0.119. The molecule has 35 heavy (non-hydrogen) atoms. The number of para-hydroxylation sites is 1. The first-order valence-electron chi connectivity index (χ1n) is 11.2. The van der Waals surface area contributed by atoms with Gasteiger partial charge in [0.05, 0.1) is 10.6 Å². The van der Waals surface area contributed by atoms with Crippen LogP contribution in [0.5, 0.6) is 0 Å². The van der Waals surface area contributed by atoms with Crippen LogP contribution in [0.1, 0.15) is 11.1 Å². The number of carbonyl (C=O) groups is 1. The first kappa shape index (κ1) is 24.7. The van der Waals surface area contributed by atoms with Crippen LogP contribution in [-0.4, -0.2) is 20.4 Å². The zero-order valence-corrected chi connectivity index (χ0v) is 20.9. The van der Waals surface area contributed by atoms with Crippen molar-refractivity contribution in [1.82, 2.24) is 4.72 Å². The summed E-state index contributed by atoms with van der Waals surface area (Å²) in [5.74, 6) is -0.425. The minimum atomic E-state index is -3.91. The maximum absolute atomic E-state index is 13.4. The van der Waals surface area contributed by atoms with Crippen molar-refractivity contribution in [2.45, 2.75) is 34.1 Å². The van der Waals surface area contributed by atoms with E-state index in [-0.39, 0.29) is 11.3 Å².